The molecule has 2 aromatic carbocycles. The van der Waals surface area contributed by atoms with Gasteiger partial charge in [0.1, 0.15) is 11.6 Å². The van der Waals surface area contributed by atoms with Gasteiger partial charge in [-0.05, 0) is 42.8 Å². The maximum atomic E-state index is 13.6. The molecule has 0 spiro atoms. The normalized spacial score (nSPS) is 10.8. The zero-order valence-electron chi connectivity index (χ0n) is 16.5. The number of carbonyl (C=O) groups is 1. The number of aldehydes is 1. The van der Waals surface area contributed by atoms with Crippen LogP contribution < -0.4 is 10.1 Å². The molecule has 0 aliphatic carbocycles. The fraction of sp³-hybridized carbons (Fsp3) is 0.136. The minimum Gasteiger partial charge on any atom is -0.476 e. The van der Waals surface area contributed by atoms with Gasteiger partial charge in [-0.2, -0.15) is 9.97 Å². The van der Waals surface area contributed by atoms with Gasteiger partial charge in [-0.25, -0.2) is 18.7 Å². The second kappa shape index (κ2) is 8.78. The lowest BCUT2D eigenvalue weighted by Crippen LogP contribution is -2.07. The number of hydrogen-bond acceptors (Lipinski definition) is 7. The molecule has 2 heterocycles. The number of hydrogen-bond donors (Lipinski definition) is 1. The van der Waals surface area contributed by atoms with Crippen LogP contribution in [0.2, 0.25) is 0 Å². The molecule has 156 valence electrons. The van der Waals surface area contributed by atoms with Crippen LogP contribution in [0.4, 0.5) is 14.7 Å². The second-order valence-electron chi connectivity index (χ2n) is 6.55. The van der Waals surface area contributed by atoms with Crippen LogP contribution >= 0.6 is 0 Å². The molecule has 0 saturated heterocycles. The fourth-order valence-corrected chi connectivity index (χ4v) is 2.91. The Balaban J connectivity index is 1.68. The molecule has 0 aliphatic rings. The summed E-state index contributed by atoms with van der Waals surface area (Å²) < 4.78 is 32.3. The smallest absolute Gasteiger partial charge is 0.247 e. The van der Waals surface area contributed by atoms with Crippen molar-refractivity contribution >= 4 is 23.4 Å². The molecule has 4 aromatic rings. The Labute approximate surface area is 176 Å². The summed E-state index contributed by atoms with van der Waals surface area (Å²) in [6, 6.07) is 10.2. The molecule has 31 heavy (non-hydrogen) atoms. The Kier molecular flexibility index (Phi) is 5.74. The lowest BCUT2D eigenvalue weighted by Gasteiger charge is -2.10. The van der Waals surface area contributed by atoms with Gasteiger partial charge in [0, 0.05) is 12.1 Å². The molecule has 2 aromatic heterocycles. The molecule has 0 atom stereocenters. The lowest BCUT2D eigenvalue weighted by atomic mass is 10.1. The summed E-state index contributed by atoms with van der Waals surface area (Å²) in [5.74, 6) is -0.395. The monoisotopic (exact) mass is 421 g/mol. The van der Waals surface area contributed by atoms with E-state index in [-0.39, 0.29) is 23.2 Å². The van der Waals surface area contributed by atoms with E-state index in [1.165, 1.54) is 36.5 Å². The number of benzene rings is 2. The average Bonchev–Trinajstić information content (AvgIpc) is 2.79. The van der Waals surface area contributed by atoms with Gasteiger partial charge in [0.05, 0.1) is 24.1 Å². The van der Waals surface area contributed by atoms with Crippen LogP contribution in [-0.4, -0.2) is 32.8 Å². The number of rotatable bonds is 7. The zero-order chi connectivity index (χ0) is 21.8. The van der Waals surface area contributed by atoms with E-state index in [9.17, 15) is 13.6 Å². The zero-order valence-corrected chi connectivity index (χ0v) is 16.5. The van der Waals surface area contributed by atoms with Gasteiger partial charge in [-0.15, -0.1) is 0 Å². The van der Waals surface area contributed by atoms with Crippen LogP contribution in [0.3, 0.4) is 0 Å². The number of nitrogens with zero attached hydrogens (tertiary/aromatic N) is 4. The van der Waals surface area contributed by atoms with Crippen molar-refractivity contribution in [2.45, 2.75) is 13.5 Å². The fourth-order valence-electron chi connectivity index (χ4n) is 2.91. The highest BCUT2D eigenvalue weighted by Crippen LogP contribution is 2.26. The summed E-state index contributed by atoms with van der Waals surface area (Å²) >= 11 is 0. The number of halogens is 2. The van der Waals surface area contributed by atoms with Crippen molar-refractivity contribution < 1.29 is 18.3 Å². The lowest BCUT2D eigenvalue weighted by molar-refractivity contribution is 0.112. The third-order valence-electron chi connectivity index (χ3n) is 4.44. The minimum absolute atomic E-state index is 0.0685. The van der Waals surface area contributed by atoms with Crippen LogP contribution in [0.15, 0.2) is 48.7 Å². The van der Waals surface area contributed by atoms with E-state index < -0.39 is 5.82 Å². The highest BCUT2D eigenvalue weighted by molar-refractivity contribution is 5.82. The number of ether oxygens (including phenoxy) is 1. The van der Waals surface area contributed by atoms with Gasteiger partial charge in [0.2, 0.25) is 11.8 Å². The largest absolute Gasteiger partial charge is 0.476 e. The molecule has 7 nitrogen and oxygen atoms in total. The predicted octanol–water partition coefficient (Wildman–Crippen LogP) is 4.19. The van der Waals surface area contributed by atoms with Crippen LogP contribution in [0.1, 0.15) is 22.8 Å². The molecule has 0 amide bonds. The number of nitrogens with one attached hydrogen (secondary N) is 1. The van der Waals surface area contributed by atoms with E-state index in [4.69, 9.17) is 4.74 Å². The van der Waals surface area contributed by atoms with Crippen LogP contribution in [0.25, 0.3) is 22.4 Å². The van der Waals surface area contributed by atoms with Crippen molar-refractivity contribution in [3.63, 3.8) is 0 Å². The highest BCUT2D eigenvalue weighted by Gasteiger charge is 2.14. The van der Waals surface area contributed by atoms with E-state index in [0.717, 1.165) is 5.56 Å². The molecular formula is C22H17F2N5O2. The number of carbonyl (C=O) groups excluding carboxylic acids is 1. The Bertz CT molecular complexity index is 1250. The first-order valence-corrected chi connectivity index (χ1v) is 9.48. The first-order valence-electron chi connectivity index (χ1n) is 9.48. The number of aromatic nitrogens is 4. The number of anilines is 1. The molecule has 0 bridgehead atoms. The molecule has 0 radical (unpaired) electrons. The second-order valence-corrected chi connectivity index (χ2v) is 6.55. The van der Waals surface area contributed by atoms with Crippen LogP contribution in [0.5, 0.6) is 5.88 Å². The Morgan fingerprint density at radius 3 is 2.61 bits per heavy atom. The summed E-state index contributed by atoms with van der Waals surface area (Å²) in [5.41, 5.74) is 2.38. The standard InChI is InChI=1S/C22H17F2N5O2/c1-2-31-21-19-20(28-22(29-21)26-10-13-3-6-16(23)7-4-13)25-11-18(27-19)14-5-8-17(24)15(9-14)12-30/h3-9,11-12H,2,10H2,1H3,(H,25,26,28,29). The molecule has 0 saturated carbocycles. The van der Waals surface area contributed by atoms with E-state index in [2.05, 4.69) is 25.3 Å². The maximum absolute atomic E-state index is 13.6. The Hall–Kier alpha value is -4.01. The number of fused-ring (bicyclic) bond motifs is 1. The minimum atomic E-state index is -0.609. The third-order valence-corrected chi connectivity index (χ3v) is 4.44. The van der Waals surface area contributed by atoms with E-state index in [1.54, 1.807) is 12.1 Å². The third kappa shape index (κ3) is 4.45. The first-order chi connectivity index (χ1) is 15.1. The predicted molar refractivity (Wildman–Crippen MR) is 111 cm³/mol. The average molecular weight is 421 g/mol. The van der Waals surface area contributed by atoms with Gasteiger partial charge in [0.25, 0.3) is 0 Å². The van der Waals surface area contributed by atoms with Gasteiger partial charge >= 0.3 is 0 Å². The molecule has 0 unspecified atom stereocenters. The summed E-state index contributed by atoms with van der Waals surface area (Å²) in [6.07, 6.45) is 1.93. The van der Waals surface area contributed by atoms with Gasteiger partial charge in [-0.3, -0.25) is 4.79 Å². The molecule has 1 N–H and O–H groups in total. The van der Waals surface area contributed by atoms with E-state index in [1.807, 2.05) is 6.92 Å². The molecule has 4 rings (SSSR count). The van der Waals surface area contributed by atoms with E-state index >= 15 is 0 Å². The molecule has 0 fully saturated rings. The van der Waals surface area contributed by atoms with Crippen LogP contribution in [0, 0.1) is 11.6 Å². The van der Waals surface area contributed by atoms with Crippen molar-refractivity contribution in [3.8, 4) is 17.1 Å². The quantitative estimate of drug-likeness (QED) is 0.448. The Morgan fingerprint density at radius 1 is 1.06 bits per heavy atom. The maximum Gasteiger partial charge on any atom is 0.247 e. The topological polar surface area (TPSA) is 89.9 Å². The first kappa shape index (κ1) is 20.3. The van der Waals surface area contributed by atoms with Crippen molar-refractivity contribution in [1.29, 1.82) is 0 Å². The van der Waals surface area contributed by atoms with Gasteiger partial charge in [-0.1, -0.05) is 12.1 Å². The summed E-state index contributed by atoms with van der Waals surface area (Å²) in [7, 11) is 0. The Morgan fingerprint density at radius 2 is 1.87 bits per heavy atom. The van der Waals surface area contributed by atoms with Gasteiger partial charge < -0.3 is 10.1 Å². The van der Waals surface area contributed by atoms with Crippen molar-refractivity contribution in [3.05, 3.63) is 71.4 Å². The molecule has 9 heteroatoms. The summed E-state index contributed by atoms with van der Waals surface area (Å²) in [6.45, 7) is 2.54. The molecule has 0 aliphatic heterocycles. The van der Waals surface area contributed by atoms with Crippen molar-refractivity contribution in [2.24, 2.45) is 0 Å². The van der Waals surface area contributed by atoms with Crippen molar-refractivity contribution in [1.82, 2.24) is 19.9 Å². The summed E-state index contributed by atoms with van der Waals surface area (Å²) in [4.78, 5) is 28.6. The van der Waals surface area contributed by atoms with Crippen molar-refractivity contribution in [2.75, 3.05) is 11.9 Å². The molecular weight excluding hydrogens is 404 g/mol. The summed E-state index contributed by atoms with van der Waals surface area (Å²) in [5, 5.41) is 3.07. The van der Waals surface area contributed by atoms with Crippen LogP contribution in [-0.2, 0) is 6.54 Å². The SMILES string of the molecule is CCOc1nc(NCc2ccc(F)cc2)nc2ncc(-c3ccc(F)c(C=O)c3)nc12. The van der Waals surface area contributed by atoms with E-state index in [0.29, 0.717) is 41.9 Å². The van der Waals surface area contributed by atoms with Gasteiger partial charge in [0.15, 0.2) is 17.5 Å². The highest BCUT2D eigenvalue weighted by atomic mass is 19.1.